The normalized spacial score (nSPS) is 10.4. The van der Waals surface area contributed by atoms with E-state index in [4.69, 9.17) is 19.4 Å². The molecule has 0 radical (unpaired) electrons. The molecule has 2 aromatic rings. The minimum absolute atomic E-state index is 0.242. The fourth-order valence-electron chi connectivity index (χ4n) is 1.61. The van der Waals surface area contributed by atoms with Crippen molar-refractivity contribution in [3.05, 3.63) is 30.0 Å². The van der Waals surface area contributed by atoms with Gasteiger partial charge in [0.25, 0.3) is 0 Å². The van der Waals surface area contributed by atoms with Gasteiger partial charge in [-0.05, 0) is 24.6 Å². The molecule has 0 fully saturated rings. The first-order chi connectivity index (χ1) is 8.10. The van der Waals surface area contributed by atoms with Crippen molar-refractivity contribution >= 4 is 18.2 Å². The van der Waals surface area contributed by atoms with E-state index in [-0.39, 0.29) is 5.75 Å². The Hall–Kier alpha value is -1.79. The molecule has 6 heteroatoms. The fourth-order valence-corrected chi connectivity index (χ4v) is 1.61. The van der Waals surface area contributed by atoms with Gasteiger partial charge >= 0.3 is 7.32 Å². The molecule has 0 amide bonds. The fraction of sp³-hybridized carbons (Fsp3) is 0.182. The first-order valence-corrected chi connectivity index (χ1v) is 5.07. The molecule has 0 saturated carbocycles. The topological polar surface area (TPSA) is 71.8 Å². The Morgan fingerprint density at radius 3 is 2.59 bits per heavy atom. The minimum atomic E-state index is -1.88. The van der Waals surface area contributed by atoms with Crippen LogP contribution in [0.1, 0.15) is 5.56 Å². The molecule has 1 aromatic heterocycles. The second-order valence-corrected chi connectivity index (χ2v) is 3.65. The summed E-state index contributed by atoms with van der Waals surface area (Å²) >= 11 is 0. The zero-order chi connectivity index (χ0) is 12.4. The monoisotopic (exact) mass is 233 g/mol. The highest BCUT2D eigenvalue weighted by Gasteiger charge is 2.16. The van der Waals surface area contributed by atoms with E-state index in [9.17, 15) is 0 Å². The summed E-state index contributed by atoms with van der Waals surface area (Å²) in [6.07, 6.45) is 1.73. The summed E-state index contributed by atoms with van der Waals surface area (Å²) in [6.45, 7) is 1.95. The van der Waals surface area contributed by atoms with Crippen molar-refractivity contribution in [1.82, 2.24) is 4.98 Å². The lowest BCUT2D eigenvalue weighted by molar-refractivity contribution is 0.280. The highest BCUT2D eigenvalue weighted by molar-refractivity contribution is 6.33. The lowest BCUT2D eigenvalue weighted by atomic mass is 10.1. The molecule has 0 bridgehead atoms. The van der Waals surface area contributed by atoms with E-state index in [1.165, 1.54) is 7.11 Å². The molecule has 2 N–H and O–H groups in total. The Morgan fingerprint density at radius 2 is 1.94 bits per heavy atom. The molecule has 0 saturated heterocycles. The maximum atomic E-state index is 8.80. The van der Waals surface area contributed by atoms with Crippen LogP contribution in [-0.2, 0) is 0 Å². The third-order valence-corrected chi connectivity index (χ3v) is 2.34. The summed E-state index contributed by atoms with van der Waals surface area (Å²) in [6, 6.07) is 5.31. The largest absolute Gasteiger partial charge is 0.707 e. The van der Waals surface area contributed by atoms with Crippen LogP contribution in [0.3, 0.4) is 0 Å². The number of methoxy groups -OCH3 is 1. The summed E-state index contributed by atoms with van der Waals surface area (Å²) in [7, 11) is -0.395. The second-order valence-electron chi connectivity index (χ2n) is 3.65. The maximum Gasteiger partial charge on any atom is 0.707 e. The number of fused-ring (bicyclic) bond motifs is 1. The maximum absolute atomic E-state index is 8.80. The molecule has 0 aliphatic heterocycles. The Balaban J connectivity index is 2.56. The lowest BCUT2D eigenvalue weighted by Gasteiger charge is -2.11. The number of hydrogen-bond acceptors (Lipinski definition) is 5. The molecular formula is C11H12BNO4. The lowest BCUT2D eigenvalue weighted by Crippen LogP contribution is -2.20. The highest BCUT2D eigenvalue weighted by Crippen LogP contribution is 2.31. The summed E-state index contributed by atoms with van der Waals surface area (Å²) in [4.78, 5) is 4.23. The van der Waals surface area contributed by atoms with Gasteiger partial charge in [-0.2, -0.15) is 0 Å². The van der Waals surface area contributed by atoms with Crippen molar-refractivity contribution < 1.29 is 19.4 Å². The van der Waals surface area contributed by atoms with Gasteiger partial charge in [0.1, 0.15) is 5.75 Å². The number of benzene rings is 1. The smallest absolute Gasteiger partial charge is 0.509 e. The second kappa shape index (κ2) is 4.61. The molecule has 17 heavy (non-hydrogen) atoms. The third-order valence-electron chi connectivity index (χ3n) is 2.34. The summed E-state index contributed by atoms with van der Waals surface area (Å²) in [5, 5.41) is 18.5. The number of hydrogen-bond donors (Lipinski definition) is 2. The van der Waals surface area contributed by atoms with Crippen LogP contribution >= 0.6 is 0 Å². The molecule has 0 spiro atoms. The van der Waals surface area contributed by atoms with Crippen LogP contribution < -0.4 is 9.39 Å². The van der Waals surface area contributed by atoms with Gasteiger partial charge in [0.15, 0.2) is 5.75 Å². The van der Waals surface area contributed by atoms with E-state index in [2.05, 4.69) is 4.98 Å². The summed E-state index contributed by atoms with van der Waals surface area (Å²) in [5.74, 6) is 0.671. The van der Waals surface area contributed by atoms with Gasteiger partial charge in [0, 0.05) is 17.6 Å². The minimum Gasteiger partial charge on any atom is -0.509 e. The first-order valence-electron chi connectivity index (χ1n) is 5.07. The quantitative estimate of drug-likeness (QED) is 0.770. The number of aryl methyl sites for hydroxylation is 1. The molecule has 1 aromatic carbocycles. The third kappa shape index (κ3) is 2.48. The predicted octanol–water partition coefficient (Wildman–Crippen LogP) is 0.900. The van der Waals surface area contributed by atoms with E-state index in [0.29, 0.717) is 11.3 Å². The van der Waals surface area contributed by atoms with E-state index < -0.39 is 7.32 Å². The highest BCUT2D eigenvalue weighted by atomic mass is 16.6. The van der Waals surface area contributed by atoms with Crippen LogP contribution in [0.25, 0.3) is 10.9 Å². The van der Waals surface area contributed by atoms with Crippen LogP contribution in [0.2, 0.25) is 0 Å². The van der Waals surface area contributed by atoms with Gasteiger partial charge in [0.05, 0.1) is 12.6 Å². The van der Waals surface area contributed by atoms with E-state index in [1.54, 1.807) is 18.3 Å². The van der Waals surface area contributed by atoms with Crippen molar-refractivity contribution in [1.29, 1.82) is 0 Å². The van der Waals surface area contributed by atoms with Crippen molar-refractivity contribution in [2.24, 2.45) is 0 Å². The van der Waals surface area contributed by atoms with Crippen LogP contribution in [0.4, 0.5) is 0 Å². The molecule has 1 heterocycles. The molecule has 0 aliphatic rings. The average Bonchev–Trinajstić information content (AvgIpc) is 2.28. The van der Waals surface area contributed by atoms with E-state index in [0.717, 1.165) is 10.9 Å². The molecule has 2 rings (SSSR count). The summed E-state index contributed by atoms with van der Waals surface area (Å²) < 4.78 is 9.94. The Morgan fingerprint density at radius 1 is 1.18 bits per heavy atom. The Kier molecular flexibility index (Phi) is 3.17. The van der Waals surface area contributed by atoms with Crippen molar-refractivity contribution in [3.8, 4) is 11.5 Å². The van der Waals surface area contributed by atoms with E-state index in [1.807, 2.05) is 13.0 Å². The first kappa shape index (κ1) is 11.7. The van der Waals surface area contributed by atoms with Crippen molar-refractivity contribution in [3.63, 3.8) is 0 Å². The van der Waals surface area contributed by atoms with Gasteiger partial charge in [0.2, 0.25) is 0 Å². The van der Waals surface area contributed by atoms with Gasteiger partial charge in [-0.25, -0.2) is 0 Å². The van der Waals surface area contributed by atoms with Crippen molar-refractivity contribution in [2.75, 3.05) is 7.11 Å². The van der Waals surface area contributed by atoms with Crippen LogP contribution in [0, 0.1) is 6.92 Å². The number of rotatable bonds is 3. The molecular weight excluding hydrogens is 221 g/mol. The number of nitrogens with zero attached hydrogens (tertiary/aromatic N) is 1. The average molecular weight is 233 g/mol. The van der Waals surface area contributed by atoms with Crippen LogP contribution in [0.15, 0.2) is 24.4 Å². The number of aromatic nitrogens is 1. The van der Waals surface area contributed by atoms with E-state index >= 15 is 0 Å². The standard InChI is InChI=1S/C11H12BNO4/c1-7-3-8-4-10(16-2)11(17-12(14)15)5-9(8)13-6-7/h3-6,14-15H,1-2H3. The molecule has 5 nitrogen and oxygen atoms in total. The Labute approximate surface area is 98.8 Å². The molecule has 0 aliphatic carbocycles. The van der Waals surface area contributed by atoms with Crippen LogP contribution in [0.5, 0.6) is 11.5 Å². The molecule has 0 atom stereocenters. The number of ether oxygens (including phenoxy) is 1. The van der Waals surface area contributed by atoms with Crippen molar-refractivity contribution in [2.45, 2.75) is 6.92 Å². The van der Waals surface area contributed by atoms with Gasteiger partial charge in [-0.3, -0.25) is 4.98 Å². The summed E-state index contributed by atoms with van der Waals surface area (Å²) in [5.41, 5.74) is 1.74. The predicted molar refractivity (Wildman–Crippen MR) is 63.9 cm³/mol. The van der Waals surface area contributed by atoms with Gasteiger partial charge < -0.3 is 19.4 Å². The zero-order valence-corrected chi connectivity index (χ0v) is 9.54. The SMILES string of the molecule is COc1cc2cc(C)cnc2cc1OB(O)O. The molecule has 88 valence electrons. The van der Waals surface area contributed by atoms with Gasteiger partial charge in [-0.1, -0.05) is 0 Å². The van der Waals surface area contributed by atoms with Gasteiger partial charge in [-0.15, -0.1) is 0 Å². The molecule has 0 unspecified atom stereocenters. The number of pyridine rings is 1. The zero-order valence-electron chi connectivity index (χ0n) is 9.54. The van der Waals surface area contributed by atoms with Crippen LogP contribution in [-0.4, -0.2) is 29.5 Å². The Bertz CT molecular complexity index is 544.